The van der Waals surface area contributed by atoms with Gasteiger partial charge in [-0.3, -0.25) is 9.59 Å². The van der Waals surface area contributed by atoms with E-state index in [1.807, 2.05) is 0 Å². The van der Waals surface area contributed by atoms with E-state index in [-0.39, 0.29) is 17.5 Å². The van der Waals surface area contributed by atoms with Crippen molar-refractivity contribution in [1.82, 2.24) is 0 Å². The first-order valence-corrected chi connectivity index (χ1v) is 7.76. The Balaban J connectivity index is 2.12. The maximum atomic E-state index is 13.7. The van der Waals surface area contributed by atoms with E-state index < -0.39 is 5.41 Å². The zero-order chi connectivity index (χ0) is 15.0. The molecule has 1 unspecified atom stereocenters. The third-order valence-corrected chi connectivity index (χ3v) is 4.74. The van der Waals surface area contributed by atoms with Crippen molar-refractivity contribution in [2.24, 2.45) is 0 Å². The third-order valence-electron chi connectivity index (χ3n) is 4.74. The van der Waals surface area contributed by atoms with Gasteiger partial charge < -0.3 is 4.90 Å². The van der Waals surface area contributed by atoms with Crippen LogP contribution in [0.1, 0.15) is 51.0 Å². The molecule has 112 valence electrons. The lowest BCUT2D eigenvalue weighted by molar-refractivity contribution is -0.136. The topological polar surface area (TPSA) is 37.4 Å². The van der Waals surface area contributed by atoms with Gasteiger partial charge in [0.1, 0.15) is 11.2 Å². The summed E-state index contributed by atoms with van der Waals surface area (Å²) in [6.45, 7) is 2.66. The molecular formula is C17H20FNO2. The van der Waals surface area contributed by atoms with Gasteiger partial charge in [0, 0.05) is 24.2 Å². The largest absolute Gasteiger partial charge is 0.311 e. The van der Waals surface area contributed by atoms with Crippen LogP contribution in [-0.4, -0.2) is 18.2 Å². The maximum Gasteiger partial charge on any atom is 0.245 e. The number of halogens is 1. The van der Waals surface area contributed by atoms with Crippen LogP contribution >= 0.6 is 0 Å². The second-order valence-electron chi connectivity index (χ2n) is 6.01. The van der Waals surface area contributed by atoms with E-state index in [4.69, 9.17) is 0 Å². The van der Waals surface area contributed by atoms with Crippen molar-refractivity contribution in [2.75, 3.05) is 11.4 Å². The molecular weight excluding hydrogens is 269 g/mol. The molecule has 2 aliphatic rings. The maximum absolute atomic E-state index is 13.7. The number of fused-ring (bicyclic) bond motifs is 2. The normalized spacial score (nSPS) is 24.8. The van der Waals surface area contributed by atoms with E-state index in [2.05, 4.69) is 6.92 Å². The minimum Gasteiger partial charge on any atom is -0.311 e. The van der Waals surface area contributed by atoms with Crippen LogP contribution < -0.4 is 4.90 Å². The second-order valence-corrected chi connectivity index (χ2v) is 6.01. The van der Waals surface area contributed by atoms with Crippen molar-refractivity contribution in [3.63, 3.8) is 0 Å². The molecule has 1 heterocycles. The summed E-state index contributed by atoms with van der Waals surface area (Å²) in [6, 6.07) is 4.41. The fraction of sp³-hybridized carbons (Fsp3) is 0.529. The summed E-state index contributed by atoms with van der Waals surface area (Å²) < 4.78 is 13.7. The highest BCUT2D eigenvalue weighted by Gasteiger charge is 2.56. The molecule has 0 aromatic heterocycles. The van der Waals surface area contributed by atoms with Gasteiger partial charge in [-0.15, -0.1) is 0 Å². The lowest BCUT2D eigenvalue weighted by Gasteiger charge is -2.31. The van der Waals surface area contributed by atoms with Crippen molar-refractivity contribution in [3.05, 3.63) is 29.6 Å². The van der Waals surface area contributed by atoms with Gasteiger partial charge in [0.05, 0.1) is 0 Å². The highest BCUT2D eigenvalue weighted by Crippen LogP contribution is 2.48. The molecule has 1 aromatic carbocycles. The molecule has 0 bridgehead atoms. The van der Waals surface area contributed by atoms with Gasteiger partial charge in [-0.1, -0.05) is 19.8 Å². The number of hydrogen-bond acceptors (Lipinski definition) is 2. The highest BCUT2D eigenvalue weighted by atomic mass is 19.1. The summed E-state index contributed by atoms with van der Waals surface area (Å²) in [6.07, 6.45) is 4.46. The quantitative estimate of drug-likeness (QED) is 0.800. The Morgan fingerprint density at radius 2 is 2.10 bits per heavy atom. The number of benzene rings is 1. The number of unbranched alkanes of at least 4 members (excludes halogenated alkanes) is 1. The van der Waals surface area contributed by atoms with Crippen LogP contribution in [0.15, 0.2) is 18.2 Å². The molecule has 1 saturated carbocycles. The Morgan fingerprint density at radius 1 is 1.29 bits per heavy atom. The Kier molecular flexibility index (Phi) is 3.56. The number of Topliss-reactive ketones (excluding diaryl/α,β-unsaturated/α-hetero) is 1. The number of carbonyl (C=O) groups excluding carboxylic acids is 2. The molecule has 1 aliphatic heterocycles. The molecule has 21 heavy (non-hydrogen) atoms. The Hall–Kier alpha value is -1.71. The highest BCUT2D eigenvalue weighted by molar-refractivity contribution is 6.22. The molecule has 0 N–H and O–H groups in total. The summed E-state index contributed by atoms with van der Waals surface area (Å²) in [5.74, 6) is -0.553. The van der Waals surface area contributed by atoms with Crippen molar-refractivity contribution in [2.45, 2.75) is 50.9 Å². The number of carbonyl (C=O) groups is 2. The molecule has 1 spiro atoms. The molecule has 1 aromatic rings. The SMILES string of the molecule is CCCCN1C(=O)C2(CCCCC2=O)c2cc(F)ccc21. The average molecular weight is 289 g/mol. The van der Waals surface area contributed by atoms with E-state index in [9.17, 15) is 14.0 Å². The number of hydrogen-bond donors (Lipinski definition) is 0. The molecule has 3 rings (SSSR count). The number of rotatable bonds is 3. The van der Waals surface area contributed by atoms with Gasteiger partial charge in [0.15, 0.2) is 5.78 Å². The third kappa shape index (κ3) is 2.00. The number of nitrogens with zero attached hydrogens (tertiary/aromatic N) is 1. The minimum absolute atomic E-state index is 0.0374. The van der Waals surface area contributed by atoms with Crippen molar-refractivity contribution < 1.29 is 14.0 Å². The summed E-state index contributed by atoms with van der Waals surface area (Å²) in [7, 11) is 0. The summed E-state index contributed by atoms with van der Waals surface area (Å²) in [5.41, 5.74) is 0.210. The van der Waals surface area contributed by atoms with Crippen LogP contribution in [0.5, 0.6) is 0 Å². The van der Waals surface area contributed by atoms with Gasteiger partial charge in [0.25, 0.3) is 0 Å². The smallest absolute Gasteiger partial charge is 0.245 e. The second kappa shape index (κ2) is 5.24. The summed E-state index contributed by atoms with van der Waals surface area (Å²) >= 11 is 0. The fourth-order valence-electron chi connectivity index (χ4n) is 3.62. The van der Waals surface area contributed by atoms with Crippen molar-refractivity contribution >= 4 is 17.4 Å². The van der Waals surface area contributed by atoms with E-state index in [1.54, 1.807) is 11.0 Å². The molecule has 1 aliphatic carbocycles. The molecule has 0 saturated heterocycles. The Labute approximate surface area is 124 Å². The van der Waals surface area contributed by atoms with Crippen LogP contribution in [0.3, 0.4) is 0 Å². The first kappa shape index (κ1) is 14.2. The zero-order valence-corrected chi connectivity index (χ0v) is 12.3. The first-order valence-electron chi connectivity index (χ1n) is 7.76. The number of ketones is 1. The van der Waals surface area contributed by atoms with Gasteiger partial charge in [0.2, 0.25) is 5.91 Å². The fourth-order valence-corrected chi connectivity index (χ4v) is 3.62. The van der Waals surface area contributed by atoms with Crippen LogP contribution in [0.25, 0.3) is 0 Å². The predicted octanol–water partition coefficient (Wildman–Crippen LogP) is 3.35. The molecule has 0 radical (unpaired) electrons. The number of amides is 1. The summed E-state index contributed by atoms with van der Waals surface area (Å²) in [5, 5.41) is 0. The predicted molar refractivity (Wildman–Crippen MR) is 78.8 cm³/mol. The molecule has 1 atom stereocenters. The van der Waals surface area contributed by atoms with Gasteiger partial charge in [-0.25, -0.2) is 4.39 Å². The van der Waals surface area contributed by atoms with Crippen LogP contribution in [0, 0.1) is 5.82 Å². The molecule has 4 heteroatoms. The Bertz CT molecular complexity index is 598. The molecule has 1 fully saturated rings. The van der Waals surface area contributed by atoms with Crippen molar-refractivity contribution in [3.8, 4) is 0 Å². The van der Waals surface area contributed by atoms with E-state index in [0.29, 0.717) is 24.9 Å². The monoisotopic (exact) mass is 289 g/mol. The average Bonchev–Trinajstić information content (AvgIpc) is 2.70. The van der Waals surface area contributed by atoms with Gasteiger partial charge in [-0.2, -0.15) is 0 Å². The lowest BCUT2D eigenvalue weighted by Crippen LogP contribution is -2.48. The standard InChI is InChI=1S/C17H20FNO2/c1-2-3-10-19-14-8-7-12(18)11-13(14)17(16(19)21)9-5-4-6-15(17)20/h7-8,11H,2-6,9-10H2,1H3. The molecule has 1 amide bonds. The van der Waals surface area contributed by atoms with Crippen LogP contribution in [0.2, 0.25) is 0 Å². The first-order chi connectivity index (χ1) is 10.1. The van der Waals surface area contributed by atoms with E-state index >= 15 is 0 Å². The van der Waals surface area contributed by atoms with E-state index in [0.717, 1.165) is 31.4 Å². The zero-order valence-electron chi connectivity index (χ0n) is 12.3. The minimum atomic E-state index is -1.11. The van der Waals surface area contributed by atoms with Gasteiger partial charge >= 0.3 is 0 Å². The Morgan fingerprint density at radius 3 is 2.81 bits per heavy atom. The van der Waals surface area contributed by atoms with Crippen LogP contribution in [-0.2, 0) is 15.0 Å². The van der Waals surface area contributed by atoms with Crippen molar-refractivity contribution in [1.29, 1.82) is 0 Å². The molecule has 3 nitrogen and oxygen atoms in total. The van der Waals surface area contributed by atoms with Gasteiger partial charge in [-0.05, 0) is 37.5 Å². The van der Waals surface area contributed by atoms with E-state index in [1.165, 1.54) is 12.1 Å². The lowest BCUT2D eigenvalue weighted by atomic mass is 9.69. The van der Waals surface area contributed by atoms with Crippen LogP contribution in [0.4, 0.5) is 10.1 Å². The number of anilines is 1. The summed E-state index contributed by atoms with van der Waals surface area (Å²) in [4.78, 5) is 27.2.